The number of ether oxygens (including phenoxy) is 1. The summed E-state index contributed by atoms with van der Waals surface area (Å²) in [4.78, 5) is 6.62. The van der Waals surface area contributed by atoms with E-state index >= 15 is 0 Å². The molecule has 0 radical (unpaired) electrons. The average molecular weight is 273 g/mol. The van der Waals surface area contributed by atoms with Crippen molar-refractivity contribution >= 4 is 5.69 Å². The number of aliphatic hydroxyl groups excluding tert-OH is 1. The summed E-state index contributed by atoms with van der Waals surface area (Å²) in [6, 6.07) is 5.88. The molecule has 5 nitrogen and oxygen atoms in total. The van der Waals surface area contributed by atoms with Crippen LogP contribution in [-0.4, -0.2) is 28.3 Å². The zero-order valence-electron chi connectivity index (χ0n) is 11.8. The van der Waals surface area contributed by atoms with E-state index in [4.69, 9.17) is 4.74 Å². The van der Waals surface area contributed by atoms with Gasteiger partial charge >= 0.3 is 0 Å². The standard InChI is InChI=1S/C15H19N3O2/c1-11(19)15-12(4-3-5-13(15)20-2)18-9-8-17-7-6-16-14(17)10-18/h3-7,11,19H,8-10H2,1-2H3/t11-/m0/s1. The maximum Gasteiger partial charge on any atom is 0.128 e. The summed E-state index contributed by atoms with van der Waals surface area (Å²) in [6.07, 6.45) is 3.27. The van der Waals surface area contributed by atoms with Crippen molar-refractivity contribution in [2.45, 2.75) is 26.1 Å². The molecular weight excluding hydrogens is 254 g/mol. The van der Waals surface area contributed by atoms with Gasteiger partial charge in [-0.15, -0.1) is 0 Å². The van der Waals surface area contributed by atoms with Gasteiger partial charge in [-0.25, -0.2) is 4.98 Å². The van der Waals surface area contributed by atoms with Gasteiger partial charge in [0.15, 0.2) is 0 Å². The van der Waals surface area contributed by atoms with Crippen LogP contribution in [0.15, 0.2) is 30.6 Å². The molecule has 5 heteroatoms. The first-order valence-electron chi connectivity index (χ1n) is 6.80. The Morgan fingerprint density at radius 1 is 1.35 bits per heavy atom. The van der Waals surface area contributed by atoms with Crippen LogP contribution in [0, 0.1) is 0 Å². The second kappa shape index (κ2) is 5.17. The minimum Gasteiger partial charge on any atom is -0.496 e. The van der Waals surface area contributed by atoms with E-state index in [9.17, 15) is 5.11 Å². The molecule has 1 aliphatic heterocycles. The van der Waals surface area contributed by atoms with Gasteiger partial charge in [-0.05, 0) is 19.1 Å². The van der Waals surface area contributed by atoms with Gasteiger partial charge in [0.2, 0.25) is 0 Å². The number of anilines is 1. The molecule has 0 saturated heterocycles. The number of aromatic nitrogens is 2. The maximum absolute atomic E-state index is 10.1. The third-order valence-electron chi connectivity index (χ3n) is 3.77. The molecule has 1 N–H and O–H groups in total. The zero-order valence-corrected chi connectivity index (χ0v) is 11.8. The Labute approximate surface area is 118 Å². The molecule has 2 aromatic rings. The second-order valence-electron chi connectivity index (χ2n) is 5.03. The third-order valence-corrected chi connectivity index (χ3v) is 3.77. The smallest absolute Gasteiger partial charge is 0.128 e. The van der Waals surface area contributed by atoms with Gasteiger partial charge in [-0.3, -0.25) is 0 Å². The molecule has 1 aliphatic rings. The molecule has 106 valence electrons. The second-order valence-corrected chi connectivity index (χ2v) is 5.03. The van der Waals surface area contributed by atoms with Crippen LogP contribution in [0.1, 0.15) is 24.4 Å². The molecule has 0 spiro atoms. The predicted molar refractivity (Wildman–Crippen MR) is 76.9 cm³/mol. The fourth-order valence-corrected chi connectivity index (χ4v) is 2.79. The minimum absolute atomic E-state index is 0.567. The van der Waals surface area contributed by atoms with Gasteiger partial charge in [0, 0.05) is 36.7 Å². The lowest BCUT2D eigenvalue weighted by Crippen LogP contribution is -2.34. The van der Waals surface area contributed by atoms with Crippen molar-refractivity contribution in [2.75, 3.05) is 18.6 Å². The van der Waals surface area contributed by atoms with Gasteiger partial charge in [-0.2, -0.15) is 0 Å². The Morgan fingerprint density at radius 2 is 2.20 bits per heavy atom. The van der Waals surface area contributed by atoms with Crippen LogP contribution in [0.3, 0.4) is 0 Å². The summed E-state index contributed by atoms with van der Waals surface area (Å²) in [5.74, 6) is 1.78. The van der Waals surface area contributed by atoms with Crippen molar-refractivity contribution in [2.24, 2.45) is 0 Å². The summed E-state index contributed by atoms with van der Waals surface area (Å²) in [5, 5.41) is 10.1. The van der Waals surface area contributed by atoms with Crippen LogP contribution < -0.4 is 9.64 Å². The highest BCUT2D eigenvalue weighted by atomic mass is 16.5. The van der Waals surface area contributed by atoms with E-state index in [1.165, 1.54) is 0 Å². The summed E-state index contributed by atoms with van der Waals surface area (Å²) < 4.78 is 7.55. The molecular formula is C15H19N3O2. The molecule has 0 aliphatic carbocycles. The van der Waals surface area contributed by atoms with Crippen LogP contribution in [0.5, 0.6) is 5.75 Å². The fraction of sp³-hybridized carbons (Fsp3) is 0.400. The fourth-order valence-electron chi connectivity index (χ4n) is 2.79. The van der Waals surface area contributed by atoms with E-state index in [2.05, 4.69) is 14.5 Å². The molecule has 0 saturated carbocycles. The Morgan fingerprint density at radius 3 is 2.95 bits per heavy atom. The van der Waals surface area contributed by atoms with E-state index in [-0.39, 0.29) is 0 Å². The monoisotopic (exact) mass is 273 g/mol. The van der Waals surface area contributed by atoms with Gasteiger partial charge in [0.1, 0.15) is 11.6 Å². The molecule has 0 amide bonds. The van der Waals surface area contributed by atoms with E-state index in [0.717, 1.165) is 42.5 Å². The Hall–Kier alpha value is -2.01. The highest BCUT2D eigenvalue weighted by Gasteiger charge is 2.22. The van der Waals surface area contributed by atoms with E-state index in [1.54, 1.807) is 14.0 Å². The van der Waals surface area contributed by atoms with Crippen molar-refractivity contribution in [3.05, 3.63) is 42.0 Å². The van der Waals surface area contributed by atoms with Gasteiger partial charge in [0.05, 0.1) is 19.8 Å². The first-order chi connectivity index (χ1) is 9.70. The van der Waals surface area contributed by atoms with Crippen molar-refractivity contribution in [3.8, 4) is 5.75 Å². The highest BCUT2D eigenvalue weighted by molar-refractivity contribution is 5.60. The zero-order chi connectivity index (χ0) is 14.1. The molecule has 1 aromatic heterocycles. The quantitative estimate of drug-likeness (QED) is 0.929. The minimum atomic E-state index is -0.567. The van der Waals surface area contributed by atoms with E-state index in [1.807, 2.05) is 30.6 Å². The normalized spacial score (nSPS) is 15.8. The lowest BCUT2D eigenvalue weighted by molar-refractivity contribution is 0.194. The third kappa shape index (κ3) is 2.14. The number of rotatable bonds is 3. The number of nitrogens with zero attached hydrogens (tertiary/aromatic N) is 3. The molecule has 1 atom stereocenters. The van der Waals surface area contributed by atoms with Crippen LogP contribution in [-0.2, 0) is 13.1 Å². The summed E-state index contributed by atoms with van der Waals surface area (Å²) in [5.41, 5.74) is 1.86. The number of imidazole rings is 1. The van der Waals surface area contributed by atoms with Crippen LogP contribution in [0.25, 0.3) is 0 Å². The molecule has 2 heterocycles. The number of hydrogen-bond donors (Lipinski definition) is 1. The maximum atomic E-state index is 10.1. The predicted octanol–water partition coefficient (Wildman–Crippen LogP) is 1.97. The molecule has 1 aromatic carbocycles. The van der Waals surface area contributed by atoms with Crippen LogP contribution in [0.4, 0.5) is 5.69 Å². The SMILES string of the molecule is COc1cccc(N2CCn3ccnc3C2)c1[C@H](C)O. The van der Waals surface area contributed by atoms with E-state index in [0.29, 0.717) is 0 Å². The Bertz CT molecular complexity index is 607. The average Bonchev–Trinajstić information content (AvgIpc) is 2.93. The van der Waals surface area contributed by atoms with Crippen molar-refractivity contribution in [1.82, 2.24) is 9.55 Å². The summed E-state index contributed by atoms with van der Waals surface area (Å²) >= 11 is 0. The number of methoxy groups -OCH3 is 1. The first kappa shape index (κ1) is 13.0. The highest BCUT2D eigenvalue weighted by Crippen LogP contribution is 2.35. The number of hydrogen-bond acceptors (Lipinski definition) is 4. The van der Waals surface area contributed by atoms with Crippen molar-refractivity contribution < 1.29 is 9.84 Å². The molecule has 20 heavy (non-hydrogen) atoms. The number of fused-ring (bicyclic) bond motifs is 1. The van der Waals surface area contributed by atoms with Gasteiger partial charge in [0.25, 0.3) is 0 Å². The molecule has 0 bridgehead atoms. The Kier molecular flexibility index (Phi) is 3.36. The van der Waals surface area contributed by atoms with Crippen LogP contribution in [0.2, 0.25) is 0 Å². The Balaban J connectivity index is 1.99. The molecule has 0 fully saturated rings. The van der Waals surface area contributed by atoms with Crippen molar-refractivity contribution in [1.29, 1.82) is 0 Å². The van der Waals surface area contributed by atoms with E-state index < -0.39 is 6.10 Å². The molecule has 3 rings (SSSR count). The van der Waals surface area contributed by atoms with Crippen LogP contribution >= 0.6 is 0 Å². The van der Waals surface area contributed by atoms with Gasteiger partial charge < -0.3 is 19.3 Å². The number of aliphatic hydroxyl groups is 1. The lowest BCUT2D eigenvalue weighted by atomic mass is 10.1. The topological polar surface area (TPSA) is 50.5 Å². The summed E-state index contributed by atoms with van der Waals surface area (Å²) in [6.45, 7) is 4.33. The summed E-state index contributed by atoms with van der Waals surface area (Å²) in [7, 11) is 1.63. The van der Waals surface area contributed by atoms with Gasteiger partial charge in [-0.1, -0.05) is 6.07 Å². The van der Waals surface area contributed by atoms with Crippen molar-refractivity contribution in [3.63, 3.8) is 0 Å². The largest absolute Gasteiger partial charge is 0.496 e. The number of benzene rings is 1. The first-order valence-corrected chi connectivity index (χ1v) is 6.80. The molecule has 0 unspecified atom stereocenters. The lowest BCUT2D eigenvalue weighted by Gasteiger charge is -2.32.